The summed E-state index contributed by atoms with van der Waals surface area (Å²) in [4.78, 5) is 0. The number of benzene rings is 2. The molecule has 3 nitrogen and oxygen atoms in total. The molecule has 0 amide bonds. The van der Waals surface area contributed by atoms with Gasteiger partial charge in [-0.3, -0.25) is 0 Å². The quantitative estimate of drug-likeness (QED) is 0.690. The molecule has 0 saturated heterocycles. The SMILES string of the molecule is S=C(NCc1ccccc1COCc1ccccc1)NC1CC2CCC1C2. The first-order chi connectivity index (χ1) is 13.3. The van der Waals surface area contributed by atoms with Crippen LogP contribution in [0.15, 0.2) is 54.6 Å². The van der Waals surface area contributed by atoms with Gasteiger partial charge in [0.15, 0.2) is 5.11 Å². The summed E-state index contributed by atoms with van der Waals surface area (Å²) in [5.41, 5.74) is 3.65. The first kappa shape index (κ1) is 18.5. The van der Waals surface area contributed by atoms with Crippen LogP contribution in [0.25, 0.3) is 0 Å². The van der Waals surface area contributed by atoms with E-state index < -0.39 is 0 Å². The molecule has 0 aromatic heterocycles. The number of thiocarbonyl (C=S) groups is 1. The molecule has 2 aromatic carbocycles. The van der Waals surface area contributed by atoms with Crippen molar-refractivity contribution in [2.45, 2.75) is 51.5 Å². The van der Waals surface area contributed by atoms with Crippen molar-refractivity contribution in [1.82, 2.24) is 10.6 Å². The van der Waals surface area contributed by atoms with Crippen molar-refractivity contribution in [2.75, 3.05) is 0 Å². The van der Waals surface area contributed by atoms with Crippen LogP contribution in [0.1, 0.15) is 42.4 Å². The molecule has 0 radical (unpaired) electrons. The Labute approximate surface area is 167 Å². The minimum absolute atomic E-state index is 0.577. The lowest BCUT2D eigenvalue weighted by atomic mass is 9.95. The van der Waals surface area contributed by atoms with Crippen molar-refractivity contribution in [1.29, 1.82) is 0 Å². The summed E-state index contributed by atoms with van der Waals surface area (Å²) in [6, 6.07) is 19.3. The van der Waals surface area contributed by atoms with Gasteiger partial charge in [-0.15, -0.1) is 0 Å². The van der Waals surface area contributed by atoms with Crippen LogP contribution in [0.3, 0.4) is 0 Å². The van der Waals surface area contributed by atoms with Crippen molar-refractivity contribution in [3.63, 3.8) is 0 Å². The third-order valence-corrected chi connectivity index (χ3v) is 6.24. The fourth-order valence-electron chi connectivity index (χ4n) is 4.54. The molecule has 142 valence electrons. The molecular formula is C23H28N2OS. The standard InChI is InChI=1S/C23H28N2OS/c27-23(25-22-13-18-10-11-19(22)12-18)24-14-20-8-4-5-9-21(20)16-26-15-17-6-2-1-3-7-17/h1-9,18-19,22H,10-16H2,(H2,24,25,27). The van der Waals surface area contributed by atoms with Gasteiger partial charge in [0.05, 0.1) is 13.2 Å². The van der Waals surface area contributed by atoms with Gasteiger partial charge in [0, 0.05) is 12.6 Å². The predicted octanol–water partition coefficient (Wildman–Crippen LogP) is 4.56. The highest BCUT2D eigenvalue weighted by molar-refractivity contribution is 7.80. The van der Waals surface area contributed by atoms with E-state index in [1.807, 2.05) is 18.2 Å². The fraction of sp³-hybridized carbons (Fsp3) is 0.435. The number of nitrogens with one attached hydrogen (secondary N) is 2. The molecule has 2 N–H and O–H groups in total. The normalized spacial score (nSPS) is 23.3. The number of rotatable bonds is 7. The van der Waals surface area contributed by atoms with Gasteiger partial charge in [-0.2, -0.15) is 0 Å². The first-order valence-corrected chi connectivity index (χ1v) is 10.4. The van der Waals surface area contributed by atoms with E-state index in [4.69, 9.17) is 17.0 Å². The minimum atomic E-state index is 0.577. The fourth-order valence-corrected chi connectivity index (χ4v) is 4.76. The highest BCUT2D eigenvalue weighted by Crippen LogP contribution is 2.44. The van der Waals surface area contributed by atoms with Gasteiger partial charge in [-0.05, 0) is 60.0 Å². The molecule has 0 heterocycles. The van der Waals surface area contributed by atoms with E-state index in [9.17, 15) is 0 Å². The molecule has 0 spiro atoms. The lowest BCUT2D eigenvalue weighted by Gasteiger charge is -2.24. The average Bonchev–Trinajstić information content (AvgIpc) is 3.31. The van der Waals surface area contributed by atoms with Crippen LogP contribution < -0.4 is 10.6 Å². The second-order valence-corrected chi connectivity index (χ2v) is 8.26. The summed E-state index contributed by atoms with van der Waals surface area (Å²) >= 11 is 5.55. The Bertz CT molecular complexity index is 764. The van der Waals surface area contributed by atoms with E-state index in [1.54, 1.807) is 0 Å². The van der Waals surface area contributed by atoms with Crippen molar-refractivity contribution < 1.29 is 4.74 Å². The van der Waals surface area contributed by atoms with Gasteiger partial charge < -0.3 is 15.4 Å². The summed E-state index contributed by atoms with van der Waals surface area (Å²) in [7, 11) is 0. The molecular weight excluding hydrogens is 352 g/mol. The van der Waals surface area contributed by atoms with E-state index in [-0.39, 0.29) is 0 Å². The summed E-state index contributed by atoms with van der Waals surface area (Å²) in [5, 5.41) is 7.74. The van der Waals surface area contributed by atoms with E-state index in [2.05, 4.69) is 47.0 Å². The number of hydrogen-bond acceptors (Lipinski definition) is 2. The molecule has 2 saturated carbocycles. The van der Waals surface area contributed by atoms with Gasteiger partial charge in [0.25, 0.3) is 0 Å². The molecule has 27 heavy (non-hydrogen) atoms. The average molecular weight is 381 g/mol. The number of hydrogen-bond donors (Lipinski definition) is 2. The largest absolute Gasteiger partial charge is 0.372 e. The highest BCUT2D eigenvalue weighted by atomic mass is 32.1. The Morgan fingerprint density at radius 3 is 2.44 bits per heavy atom. The van der Waals surface area contributed by atoms with Crippen LogP contribution in [0.4, 0.5) is 0 Å². The van der Waals surface area contributed by atoms with Crippen LogP contribution >= 0.6 is 12.2 Å². The predicted molar refractivity (Wildman–Crippen MR) is 113 cm³/mol. The Morgan fingerprint density at radius 1 is 0.926 bits per heavy atom. The summed E-state index contributed by atoms with van der Waals surface area (Å²) < 4.78 is 5.92. The molecule has 4 rings (SSSR count). The Hall–Kier alpha value is -1.91. The van der Waals surface area contributed by atoms with Crippen molar-refractivity contribution in [3.05, 3.63) is 71.3 Å². The number of fused-ring (bicyclic) bond motifs is 2. The minimum Gasteiger partial charge on any atom is -0.372 e. The number of ether oxygens (including phenoxy) is 1. The Morgan fingerprint density at radius 2 is 1.70 bits per heavy atom. The van der Waals surface area contributed by atoms with Crippen LogP contribution in [0.5, 0.6) is 0 Å². The summed E-state index contributed by atoms with van der Waals surface area (Å²) in [6.45, 7) is 1.98. The molecule has 2 aromatic rings. The van der Waals surface area contributed by atoms with E-state index >= 15 is 0 Å². The summed E-state index contributed by atoms with van der Waals surface area (Å²) in [5.74, 6) is 1.76. The van der Waals surface area contributed by atoms with Crippen molar-refractivity contribution >= 4 is 17.3 Å². The molecule has 3 atom stereocenters. The van der Waals surface area contributed by atoms with E-state index in [0.717, 1.165) is 23.5 Å². The second-order valence-electron chi connectivity index (χ2n) is 7.86. The monoisotopic (exact) mass is 380 g/mol. The zero-order valence-corrected chi connectivity index (χ0v) is 16.5. The van der Waals surface area contributed by atoms with Crippen molar-refractivity contribution in [3.8, 4) is 0 Å². The van der Waals surface area contributed by atoms with Crippen LogP contribution in [0, 0.1) is 11.8 Å². The second kappa shape index (κ2) is 8.85. The molecule has 2 aliphatic carbocycles. The third kappa shape index (κ3) is 4.88. The van der Waals surface area contributed by atoms with Gasteiger partial charge in [-0.1, -0.05) is 61.0 Å². The molecule has 2 bridgehead atoms. The maximum absolute atomic E-state index is 5.92. The zero-order chi connectivity index (χ0) is 18.5. The zero-order valence-electron chi connectivity index (χ0n) is 15.7. The molecule has 2 aliphatic rings. The topological polar surface area (TPSA) is 33.3 Å². The highest BCUT2D eigenvalue weighted by Gasteiger charge is 2.39. The summed E-state index contributed by atoms with van der Waals surface area (Å²) in [6.07, 6.45) is 5.46. The third-order valence-electron chi connectivity index (χ3n) is 5.98. The van der Waals surface area contributed by atoms with Crippen LogP contribution in [0.2, 0.25) is 0 Å². The molecule has 4 heteroatoms. The van der Waals surface area contributed by atoms with Gasteiger partial charge in [-0.25, -0.2) is 0 Å². The smallest absolute Gasteiger partial charge is 0.166 e. The molecule has 3 unspecified atom stereocenters. The van der Waals surface area contributed by atoms with Gasteiger partial charge in [0.2, 0.25) is 0 Å². The molecule has 2 fully saturated rings. The van der Waals surface area contributed by atoms with Crippen molar-refractivity contribution in [2.24, 2.45) is 11.8 Å². The first-order valence-electron chi connectivity index (χ1n) is 10.0. The Kier molecular flexibility index (Phi) is 6.05. The van der Waals surface area contributed by atoms with E-state index in [0.29, 0.717) is 19.3 Å². The maximum Gasteiger partial charge on any atom is 0.166 e. The van der Waals surface area contributed by atoms with Gasteiger partial charge >= 0.3 is 0 Å². The molecule has 0 aliphatic heterocycles. The Balaban J connectivity index is 1.25. The van der Waals surface area contributed by atoms with Crippen LogP contribution in [-0.4, -0.2) is 11.2 Å². The van der Waals surface area contributed by atoms with Gasteiger partial charge in [0.1, 0.15) is 0 Å². The lowest BCUT2D eigenvalue weighted by Crippen LogP contribution is -2.44. The maximum atomic E-state index is 5.92. The lowest BCUT2D eigenvalue weighted by molar-refractivity contribution is 0.106. The van der Waals surface area contributed by atoms with E-state index in [1.165, 1.54) is 42.4 Å². The van der Waals surface area contributed by atoms with Crippen LogP contribution in [-0.2, 0) is 24.5 Å².